The average molecular weight is 240 g/mol. The van der Waals surface area contributed by atoms with Crippen molar-refractivity contribution in [2.45, 2.75) is 71.5 Å². The molecule has 0 saturated heterocycles. The fourth-order valence-corrected chi connectivity index (χ4v) is 4.40. The van der Waals surface area contributed by atoms with Gasteiger partial charge in [-0.1, -0.05) is 20.3 Å². The Hall–Kier alpha value is -0.0800. The van der Waals surface area contributed by atoms with Gasteiger partial charge in [0.1, 0.15) is 0 Å². The summed E-state index contributed by atoms with van der Waals surface area (Å²) in [4.78, 5) is 0. The lowest BCUT2D eigenvalue weighted by atomic mass is 9.68. The Bertz CT molecular complexity index is 281. The zero-order valence-corrected chi connectivity index (χ0v) is 11.7. The van der Waals surface area contributed by atoms with Crippen LogP contribution in [-0.4, -0.2) is 21.9 Å². The number of aliphatic hydroxyl groups is 2. The second-order valence-corrected chi connectivity index (χ2v) is 7.34. The van der Waals surface area contributed by atoms with Crippen LogP contribution in [0.25, 0.3) is 0 Å². The third kappa shape index (κ3) is 2.26. The molecule has 0 amide bonds. The van der Waals surface area contributed by atoms with Crippen LogP contribution in [0.1, 0.15) is 59.8 Å². The molecule has 2 fully saturated rings. The van der Waals surface area contributed by atoms with Crippen molar-refractivity contribution in [1.82, 2.24) is 0 Å². The quantitative estimate of drug-likeness (QED) is 0.740. The van der Waals surface area contributed by atoms with E-state index in [0.717, 1.165) is 19.3 Å². The second kappa shape index (κ2) is 4.24. The smallest absolute Gasteiger partial charge is 0.0623 e. The molecule has 0 heterocycles. The van der Waals surface area contributed by atoms with E-state index < -0.39 is 5.60 Å². The number of aliphatic hydroxyl groups excluding tert-OH is 1. The Labute approximate surface area is 105 Å². The van der Waals surface area contributed by atoms with Gasteiger partial charge in [0.15, 0.2) is 0 Å². The lowest BCUT2D eigenvalue weighted by Gasteiger charge is -2.41. The molecular formula is C15H28O2. The van der Waals surface area contributed by atoms with Crippen molar-refractivity contribution in [3.63, 3.8) is 0 Å². The second-order valence-electron chi connectivity index (χ2n) is 7.34. The molecule has 2 rings (SSSR count). The minimum Gasteiger partial charge on any atom is -0.393 e. The van der Waals surface area contributed by atoms with Gasteiger partial charge in [-0.25, -0.2) is 0 Å². The van der Waals surface area contributed by atoms with E-state index in [1.807, 2.05) is 13.8 Å². The molecule has 0 bridgehead atoms. The van der Waals surface area contributed by atoms with Crippen LogP contribution < -0.4 is 0 Å². The Morgan fingerprint density at radius 3 is 2.41 bits per heavy atom. The van der Waals surface area contributed by atoms with Crippen LogP contribution in [0.2, 0.25) is 0 Å². The minimum absolute atomic E-state index is 0.235. The first-order chi connectivity index (χ1) is 7.76. The van der Waals surface area contributed by atoms with Crippen LogP contribution in [0.4, 0.5) is 0 Å². The lowest BCUT2D eigenvalue weighted by molar-refractivity contribution is -0.0692. The van der Waals surface area contributed by atoms with Crippen molar-refractivity contribution >= 4 is 0 Å². The number of hydrogen-bond donors (Lipinski definition) is 2. The van der Waals surface area contributed by atoms with Crippen molar-refractivity contribution < 1.29 is 10.2 Å². The molecule has 0 aliphatic heterocycles. The maximum Gasteiger partial charge on any atom is 0.0623 e. The van der Waals surface area contributed by atoms with Gasteiger partial charge < -0.3 is 10.2 Å². The van der Waals surface area contributed by atoms with E-state index in [2.05, 4.69) is 13.8 Å². The summed E-state index contributed by atoms with van der Waals surface area (Å²) in [5, 5.41) is 21.0. The van der Waals surface area contributed by atoms with E-state index >= 15 is 0 Å². The molecule has 2 N–H and O–H groups in total. The molecule has 5 atom stereocenters. The molecule has 2 nitrogen and oxygen atoms in total. The standard InChI is InChI=1S/C15H28O2/c1-10-6-5-8-15(4)9-7-11(14(2,3)17)12(15)13(10)16/h10-13,16-17H,5-9H2,1-4H3/t10-,11+,12+,13-,15+/m0/s1. The van der Waals surface area contributed by atoms with Crippen molar-refractivity contribution in [3.05, 3.63) is 0 Å². The zero-order valence-electron chi connectivity index (χ0n) is 11.7. The van der Waals surface area contributed by atoms with Crippen LogP contribution in [0.5, 0.6) is 0 Å². The topological polar surface area (TPSA) is 40.5 Å². The lowest BCUT2D eigenvalue weighted by Crippen LogP contribution is -2.44. The van der Waals surface area contributed by atoms with E-state index in [1.54, 1.807) is 0 Å². The van der Waals surface area contributed by atoms with Gasteiger partial charge in [0, 0.05) is 0 Å². The Morgan fingerprint density at radius 1 is 1.18 bits per heavy atom. The Kier molecular flexibility index (Phi) is 3.33. The Balaban J connectivity index is 2.31. The molecule has 0 aromatic heterocycles. The van der Waals surface area contributed by atoms with E-state index in [9.17, 15) is 10.2 Å². The summed E-state index contributed by atoms with van der Waals surface area (Å²) in [5.74, 6) is 0.910. The van der Waals surface area contributed by atoms with Gasteiger partial charge in [0.05, 0.1) is 11.7 Å². The van der Waals surface area contributed by atoms with E-state index in [4.69, 9.17) is 0 Å². The maximum atomic E-state index is 10.6. The van der Waals surface area contributed by atoms with Gasteiger partial charge in [0.2, 0.25) is 0 Å². The summed E-state index contributed by atoms with van der Waals surface area (Å²) in [6, 6.07) is 0. The molecule has 2 aliphatic rings. The largest absolute Gasteiger partial charge is 0.393 e. The van der Waals surface area contributed by atoms with Gasteiger partial charge >= 0.3 is 0 Å². The Morgan fingerprint density at radius 2 is 1.82 bits per heavy atom. The first kappa shape index (κ1) is 13.4. The summed E-state index contributed by atoms with van der Waals surface area (Å²) in [6.07, 6.45) is 5.56. The van der Waals surface area contributed by atoms with Gasteiger partial charge in [-0.05, 0) is 62.7 Å². The molecule has 0 radical (unpaired) electrons. The summed E-state index contributed by atoms with van der Waals surface area (Å²) >= 11 is 0. The van der Waals surface area contributed by atoms with Gasteiger partial charge in [-0.15, -0.1) is 0 Å². The highest BCUT2D eigenvalue weighted by Crippen LogP contribution is 2.57. The summed E-state index contributed by atoms with van der Waals surface area (Å²) in [6.45, 7) is 8.30. The summed E-state index contributed by atoms with van der Waals surface area (Å²) in [5.41, 5.74) is -0.414. The molecule has 2 heteroatoms. The van der Waals surface area contributed by atoms with Crippen molar-refractivity contribution in [2.24, 2.45) is 23.2 Å². The highest BCUT2D eigenvalue weighted by atomic mass is 16.3. The molecule has 100 valence electrons. The fourth-order valence-electron chi connectivity index (χ4n) is 4.40. The predicted molar refractivity (Wildman–Crippen MR) is 69.6 cm³/mol. The SMILES string of the molecule is C[C@H]1CCC[C@]2(C)CC[C@@H](C(C)(C)O)[C@@H]2[C@H]1O. The third-order valence-electron chi connectivity index (χ3n) is 5.53. The molecule has 0 aromatic carbocycles. The molecule has 0 spiro atoms. The number of hydrogen-bond acceptors (Lipinski definition) is 2. The van der Waals surface area contributed by atoms with Crippen molar-refractivity contribution in [1.29, 1.82) is 0 Å². The van der Waals surface area contributed by atoms with Crippen LogP contribution in [0, 0.1) is 23.2 Å². The monoisotopic (exact) mass is 240 g/mol. The highest BCUT2D eigenvalue weighted by Gasteiger charge is 2.54. The van der Waals surface area contributed by atoms with Crippen LogP contribution in [0.3, 0.4) is 0 Å². The first-order valence-corrected chi connectivity index (χ1v) is 7.16. The molecule has 2 saturated carbocycles. The minimum atomic E-state index is -0.659. The van der Waals surface area contributed by atoms with Gasteiger partial charge in [-0.2, -0.15) is 0 Å². The fraction of sp³-hybridized carbons (Fsp3) is 1.00. The van der Waals surface area contributed by atoms with Gasteiger partial charge in [0.25, 0.3) is 0 Å². The van der Waals surface area contributed by atoms with E-state index in [-0.39, 0.29) is 23.4 Å². The van der Waals surface area contributed by atoms with Crippen LogP contribution in [-0.2, 0) is 0 Å². The van der Waals surface area contributed by atoms with Gasteiger partial charge in [-0.3, -0.25) is 0 Å². The molecule has 0 aromatic rings. The van der Waals surface area contributed by atoms with Crippen LogP contribution in [0.15, 0.2) is 0 Å². The molecule has 0 unspecified atom stereocenters. The predicted octanol–water partition coefficient (Wildman–Crippen LogP) is 2.97. The normalized spacial score (nSPS) is 47.6. The first-order valence-electron chi connectivity index (χ1n) is 7.16. The van der Waals surface area contributed by atoms with Crippen molar-refractivity contribution in [3.8, 4) is 0 Å². The zero-order chi connectivity index (χ0) is 12.8. The van der Waals surface area contributed by atoms with Crippen LogP contribution >= 0.6 is 0 Å². The molecular weight excluding hydrogens is 212 g/mol. The number of fused-ring (bicyclic) bond motifs is 1. The summed E-state index contributed by atoms with van der Waals surface area (Å²) < 4.78 is 0. The number of rotatable bonds is 1. The van der Waals surface area contributed by atoms with E-state index in [1.165, 1.54) is 12.8 Å². The molecule has 2 aliphatic carbocycles. The van der Waals surface area contributed by atoms with Crippen molar-refractivity contribution in [2.75, 3.05) is 0 Å². The highest BCUT2D eigenvalue weighted by molar-refractivity contribution is 5.03. The third-order valence-corrected chi connectivity index (χ3v) is 5.53. The molecule has 17 heavy (non-hydrogen) atoms. The summed E-state index contributed by atoms with van der Waals surface area (Å²) in [7, 11) is 0. The maximum absolute atomic E-state index is 10.6. The van der Waals surface area contributed by atoms with E-state index in [0.29, 0.717) is 5.92 Å². The average Bonchev–Trinajstić information content (AvgIpc) is 2.49.